The summed E-state index contributed by atoms with van der Waals surface area (Å²) in [5, 5.41) is 5.03. The summed E-state index contributed by atoms with van der Waals surface area (Å²) in [5.74, 6) is 0.757. The Morgan fingerprint density at radius 1 is 0.475 bits per heavy atom. The fourth-order valence-corrected chi connectivity index (χ4v) is 6.28. The summed E-state index contributed by atoms with van der Waals surface area (Å²) in [7, 11) is 0. The van der Waals surface area contributed by atoms with Crippen molar-refractivity contribution in [3.63, 3.8) is 0 Å². The topological polar surface area (TPSA) is 35.6 Å². The van der Waals surface area contributed by atoms with Gasteiger partial charge in [-0.05, 0) is 79.6 Å². The van der Waals surface area contributed by atoms with Crippen LogP contribution in [0.1, 0.15) is 11.1 Å². The van der Waals surface area contributed by atoms with Gasteiger partial charge < -0.3 is 9.13 Å². The maximum atomic E-state index is 4.50. The number of para-hydroxylation sites is 3. The van der Waals surface area contributed by atoms with Crippen LogP contribution in [0.25, 0.3) is 66.4 Å². The second kappa shape index (κ2) is 8.65. The Morgan fingerprint density at radius 2 is 1.02 bits per heavy atom. The van der Waals surface area contributed by atoms with E-state index in [1.54, 1.807) is 12.4 Å². The molecule has 0 atom stereocenters. The first kappa shape index (κ1) is 22.7. The minimum Gasteiger partial charge on any atom is -0.309 e. The Bertz CT molecular complexity index is 2180. The summed E-state index contributed by atoms with van der Waals surface area (Å²) in [5.41, 5.74) is 10.6. The molecule has 0 spiro atoms. The van der Waals surface area contributed by atoms with Crippen LogP contribution in [0.3, 0.4) is 0 Å². The van der Waals surface area contributed by atoms with E-state index in [9.17, 15) is 0 Å². The second-order valence-corrected chi connectivity index (χ2v) is 10.4. The molecule has 0 aliphatic carbocycles. The Kier molecular flexibility index (Phi) is 4.92. The minimum absolute atomic E-state index is 0.757. The highest BCUT2D eigenvalue weighted by Crippen LogP contribution is 2.38. The molecular formula is C36H26N4. The van der Waals surface area contributed by atoms with E-state index in [-0.39, 0.29) is 0 Å². The van der Waals surface area contributed by atoms with Crippen molar-refractivity contribution in [1.82, 2.24) is 19.1 Å². The lowest BCUT2D eigenvalue weighted by Crippen LogP contribution is -2.00. The Morgan fingerprint density at radius 3 is 1.68 bits per heavy atom. The zero-order valence-corrected chi connectivity index (χ0v) is 22.3. The van der Waals surface area contributed by atoms with Crippen molar-refractivity contribution in [3.8, 4) is 22.8 Å². The van der Waals surface area contributed by atoms with Crippen LogP contribution in [0.2, 0.25) is 0 Å². The molecule has 4 heteroatoms. The summed E-state index contributed by atoms with van der Waals surface area (Å²) in [6.07, 6.45) is 3.60. The van der Waals surface area contributed by atoms with Gasteiger partial charge in [0.25, 0.3) is 0 Å². The molecule has 0 bridgehead atoms. The molecule has 0 saturated carbocycles. The summed E-state index contributed by atoms with van der Waals surface area (Å²) in [6, 6.07) is 39.3. The number of nitrogens with zero attached hydrogens (tertiary/aromatic N) is 4. The first-order valence-electron chi connectivity index (χ1n) is 13.6. The van der Waals surface area contributed by atoms with Crippen LogP contribution in [0.15, 0.2) is 122 Å². The molecule has 40 heavy (non-hydrogen) atoms. The van der Waals surface area contributed by atoms with E-state index in [4.69, 9.17) is 0 Å². The van der Waals surface area contributed by atoms with Gasteiger partial charge in [-0.25, -0.2) is 9.97 Å². The fraction of sp³-hybridized carbons (Fsp3) is 0.0556. The van der Waals surface area contributed by atoms with E-state index in [0.717, 1.165) is 22.6 Å². The van der Waals surface area contributed by atoms with Crippen molar-refractivity contribution in [2.24, 2.45) is 0 Å². The van der Waals surface area contributed by atoms with E-state index in [1.165, 1.54) is 54.9 Å². The first-order valence-corrected chi connectivity index (χ1v) is 13.6. The molecule has 8 rings (SSSR count). The van der Waals surface area contributed by atoms with Gasteiger partial charge in [0.2, 0.25) is 0 Å². The SMILES string of the molecule is Cc1cc(-n2c3ccccc3c3cc(-n4c5ccccc5c5ccccc54)ccc32)c(C)cc1-c1ncccn1. The van der Waals surface area contributed by atoms with Gasteiger partial charge in [-0.3, -0.25) is 0 Å². The van der Waals surface area contributed by atoms with Crippen molar-refractivity contribution in [3.05, 3.63) is 133 Å². The first-order chi connectivity index (χ1) is 19.7. The number of rotatable bonds is 3. The summed E-state index contributed by atoms with van der Waals surface area (Å²) >= 11 is 0. The van der Waals surface area contributed by atoms with Gasteiger partial charge in [0.15, 0.2) is 5.82 Å². The standard InChI is InChI=1S/C36H26N4/c1-23-21-35(24(2)20-29(23)36-37-18-9-19-38-36)40-33-15-8-5-12-28(33)30-22-25(16-17-34(30)40)39-31-13-6-3-10-26(31)27-11-4-7-14-32(27)39/h3-22H,1-2H3. The molecule has 0 radical (unpaired) electrons. The van der Waals surface area contributed by atoms with Crippen molar-refractivity contribution >= 4 is 43.6 Å². The largest absolute Gasteiger partial charge is 0.309 e. The second-order valence-electron chi connectivity index (χ2n) is 10.4. The predicted octanol–water partition coefficient (Wildman–Crippen LogP) is 8.95. The van der Waals surface area contributed by atoms with Gasteiger partial charge in [0.1, 0.15) is 0 Å². The molecule has 190 valence electrons. The quantitative estimate of drug-likeness (QED) is 0.236. The molecule has 0 amide bonds. The zero-order chi connectivity index (χ0) is 26.8. The third kappa shape index (κ3) is 3.26. The molecule has 0 saturated heterocycles. The number of hydrogen-bond donors (Lipinski definition) is 0. The zero-order valence-electron chi connectivity index (χ0n) is 22.3. The molecular weight excluding hydrogens is 488 g/mol. The predicted molar refractivity (Wildman–Crippen MR) is 166 cm³/mol. The molecule has 3 aromatic heterocycles. The average Bonchev–Trinajstić information content (AvgIpc) is 3.51. The van der Waals surface area contributed by atoms with Crippen molar-refractivity contribution in [1.29, 1.82) is 0 Å². The third-order valence-corrected chi connectivity index (χ3v) is 8.08. The van der Waals surface area contributed by atoms with Crippen LogP contribution < -0.4 is 0 Å². The van der Waals surface area contributed by atoms with Crippen LogP contribution in [-0.2, 0) is 0 Å². The minimum atomic E-state index is 0.757. The fourth-order valence-electron chi connectivity index (χ4n) is 6.28. The van der Waals surface area contributed by atoms with E-state index in [1.807, 2.05) is 6.07 Å². The van der Waals surface area contributed by atoms with Crippen molar-refractivity contribution in [2.75, 3.05) is 0 Å². The molecule has 4 nitrogen and oxygen atoms in total. The highest BCUT2D eigenvalue weighted by molar-refractivity contribution is 6.12. The van der Waals surface area contributed by atoms with Gasteiger partial charge in [0, 0.05) is 50.9 Å². The number of aryl methyl sites for hydroxylation is 2. The monoisotopic (exact) mass is 514 g/mol. The van der Waals surface area contributed by atoms with Gasteiger partial charge >= 0.3 is 0 Å². The van der Waals surface area contributed by atoms with E-state index >= 15 is 0 Å². The van der Waals surface area contributed by atoms with Crippen LogP contribution >= 0.6 is 0 Å². The van der Waals surface area contributed by atoms with Crippen molar-refractivity contribution in [2.45, 2.75) is 13.8 Å². The molecule has 0 N–H and O–H groups in total. The lowest BCUT2D eigenvalue weighted by Gasteiger charge is -2.15. The van der Waals surface area contributed by atoms with Crippen LogP contribution in [0.5, 0.6) is 0 Å². The van der Waals surface area contributed by atoms with E-state index in [0.29, 0.717) is 0 Å². The molecule has 0 unspecified atom stereocenters. The highest BCUT2D eigenvalue weighted by atomic mass is 15.0. The molecule has 0 aliphatic heterocycles. The van der Waals surface area contributed by atoms with Gasteiger partial charge in [-0.2, -0.15) is 0 Å². The lowest BCUT2D eigenvalue weighted by atomic mass is 10.0. The van der Waals surface area contributed by atoms with Crippen LogP contribution in [-0.4, -0.2) is 19.1 Å². The Hall–Kier alpha value is -5.22. The lowest BCUT2D eigenvalue weighted by molar-refractivity contribution is 1.12. The number of hydrogen-bond acceptors (Lipinski definition) is 2. The molecule has 3 heterocycles. The smallest absolute Gasteiger partial charge is 0.159 e. The van der Waals surface area contributed by atoms with Crippen LogP contribution in [0.4, 0.5) is 0 Å². The molecule has 0 fully saturated rings. The number of benzene rings is 5. The maximum absolute atomic E-state index is 4.50. The average molecular weight is 515 g/mol. The molecule has 5 aromatic carbocycles. The van der Waals surface area contributed by atoms with Gasteiger partial charge in [-0.15, -0.1) is 0 Å². The van der Waals surface area contributed by atoms with Gasteiger partial charge in [-0.1, -0.05) is 54.6 Å². The highest BCUT2D eigenvalue weighted by Gasteiger charge is 2.18. The Balaban J connectivity index is 1.39. The summed E-state index contributed by atoms with van der Waals surface area (Å²) < 4.78 is 4.79. The summed E-state index contributed by atoms with van der Waals surface area (Å²) in [6.45, 7) is 4.32. The molecule has 0 aliphatic rings. The van der Waals surface area contributed by atoms with Crippen LogP contribution in [0, 0.1) is 13.8 Å². The molecule has 8 aromatic rings. The Labute approximate surface area is 231 Å². The third-order valence-electron chi connectivity index (χ3n) is 8.08. The van der Waals surface area contributed by atoms with E-state index in [2.05, 4.69) is 136 Å². The number of aromatic nitrogens is 4. The normalized spacial score (nSPS) is 11.8. The van der Waals surface area contributed by atoms with E-state index < -0.39 is 0 Å². The maximum Gasteiger partial charge on any atom is 0.159 e. The number of fused-ring (bicyclic) bond motifs is 6. The van der Waals surface area contributed by atoms with Gasteiger partial charge in [0.05, 0.1) is 22.1 Å². The van der Waals surface area contributed by atoms with Crippen molar-refractivity contribution < 1.29 is 0 Å². The summed E-state index contributed by atoms with van der Waals surface area (Å²) in [4.78, 5) is 9.00.